The maximum absolute atomic E-state index is 5.90. The molecule has 2 rings (SSSR count). The molecule has 1 aliphatic heterocycles. The summed E-state index contributed by atoms with van der Waals surface area (Å²) in [5.41, 5.74) is 5.90. The summed E-state index contributed by atoms with van der Waals surface area (Å²) < 4.78 is 0. The van der Waals surface area contributed by atoms with Crippen molar-refractivity contribution in [3.63, 3.8) is 0 Å². The predicted octanol–water partition coefficient (Wildman–Crippen LogP) is 1.53. The lowest BCUT2D eigenvalue weighted by atomic mass is 10.0. The van der Waals surface area contributed by atoms with E-state index in [4.69, 9.17) is 5.73 Å². The van der Waals surface area contributed by atoms with Crippen LogP contribution in [-0.2, 0) is 0 Å². The molecule has 0 aromatic rings. The van der Waals surface area contributed by atoms with Gasteiger partial charge in [0.2, 0.25) is 0 Å². The minimum Gasteiger partial charge on any atom is -0.330 e. The molecule has 1 aliphatic carbocycles. The number of likely N-dealkylation sites (N-methyl/N-ethyl adjacent to an activating group) is 1. The van der Waals surface area contributed by atoms with Crippen LogP contribution in [0.25, 0.3) is 0 Å². The summed E-state index contributed by atoms with van der Waals surface area (Å²) in [6.45, 7) is 10.4. The Kier molecular flexibility index (Phi) is 4.83. The van der Waals surface area contributed by atoms with Gasteiger partial charge in [-0.1, -0.05) is 20.3 Å². The van der Waals surface area contributed by atoms with E-state index in [2.05, 4.69) is 23.6 Å². The van der Waals surface area contributed by atoms with Crippen LogP contribution in [0.5, 0.6) is 0 Å². The minimum absolute atomic E-state index is 0.769. The first-order valence-electron chi connectivity index (χ1n) is 7.48. The van der Waals surface area contributed by atoms with Crippen molar-refractivity contribution in [3.05, 3.63) is 0 Å². The lowest BCUT2D eigenvalue weighted by Crippen LogP contribution is -2.42. The highest BCUT2D eigenvalue weighted by Crippen LogP contribution is 2.32. The fourth-order valence-electron chi connectivity index (χ4n) is 3.88. The minimum atomic E-state index is 0.769. The van der Waals surface area contributed by atoms with Crippen LogP contribution in [-0.4, -0.2) is 54.6 Å². The highest BCUT2D eigenvalue weighted by Gasteiger charge is 2.36. The zero-order chi connectivity index (χ0) is 12.3. The number of likely N-dealkylation sites (tertiary alicyclic amines) is 1. The Balaban J connectivity index is 1.88. The Bertz CT molecular complexity index is 228. The van der Waals surface area contributed by atoms with E-state index < -0.39 is 0 Å². The summed E-state index contributed by atoms with van der Waals surface area (Å²) in [7, 11) is 0. The number of hydrogen-bond acceptors (Lipinski definition) is 3. The van der Waals surface area contributed by atoms with Gasteiger partial charge < -0.3 is 5.73 Å². The molecule has 3 unspecified atom stereocenters. The first-order valence-corrected chi connectivity index (χ1v) is 7.48. The molecule has 17 heavy (non-hydrogen) atoms. The van der Waals surface area contributed by atoms with E-state index in [0.717, 1.165) is 24.5 Å². The third kappa shape index (κ3) is 2.83. The SMILES string of the molecule is CCN(CC)C1CCN(C2CCCC2CN)C1. The summed E-state index contributed by atoms with van der Waals surface area (Å²) in [5.74, 6) is 0.769. The normalized spacial score (nSPS) is 34.9. The van der Waals surface area contributed by atoms with E-state index in [1.807, 2.05) is 0 Å². The Morgan fingerprint density at radius 3 is 2.59 bits per heavy atom. The van der Waals surface area contributed by atoms with Crippen LogP contribution >= 0.6 is 0 Å². The van der Waals surface area contributed by atoms with Gasteiger partial charge in [0.25, 0.3) is 0 Å². The zero-order valence-corrected chi connectivity index (χ0v) is 11.6. The first-order chi connectivity index (χ1) is 8.30. The van der Waals surface area contributed by atoms with Crippen LogP contribution in [0.1, 0.15) is 39.5 Å². The fraction of sp³-hybridized carbons (Fsp3) is 1.00. The molecule has 1 heterocycles. The number of rotatable bonds is 5. The van der Waals surface area contributed by atoms with Gasteiger partial charge in [-0.25, -0.2) is 0 Å². The third-order valence-electron chi connectivity index (χ3n) is 4.91. The van der Waals surface area contributed by atoms with E-state index in [0.29, 0.717) is 0 Å². The maximum atomic E-state index is 5.90. The largest absolute Gasteiger partial charge is 0.330 e. The molecule has 0 radical (unpaired) electrons. The molecule has 0 bridgehead atoms. The average Bonchev–Trinajstić information content (AvgIpc) is 2.98. The van der Waals surface area contributed by atoms with Crippen LogP contribution in [0, 0.1) is 5.92 Å². The van der Waals surface area contributed by atoms with Crippen molar-refractivity contribution >= 4 is 0 Å². The molecule has 0 amide bonds. The van der Waals surface area contributed by atoms with E-state index in [9.17, 15) is 0 Å². The van der Waals surface area contributed by atoms with E-state index >= 15 is 0 Å². The Morgan fingerprint density at radius 2 is 1.94 bits per heavy atom. The molecule has 3 nitrogen and oxygen atoms in total. The molecule has 0 aromatic heterocycles. The fourth-order valence-corrected chi connectivity index (χ4v) is 3.88. The second kappa shape index (κ2) is 6.17. The zero-order valence-electron chi connectivity index (χ0n) is 11.6. The van der Waals surface area contributed by atoms with Crippen LogP contribution < -0.4 is 5.73 Å². The van der Waals surface area contributed by atoms with E-state index in [1.54, 1.807) is 0 Å². The van der Waals surface area contributed by atoms with Gasteiger partial charge in [-0.2, -0.15) is 0 Å². The maximum Gasteiger partial charge on any atom is 0.0235 e. The van der Waals surface area contributed by atoms with Crippen molar-refractivity contribution in [1.82, 2.24) is 9.80 Å². The molecule has 100 valence electrons. The molecule has 1 saturated heterocycles. The van der Waals surface area contributed by atoms with Crippen LogP contribution in [0.2, 0.25) is 0 Å². The van der Waals surface area contributed by atoms with Gasteiger partial charge in [0.1, 0.15) is 0 Å². The van der Waals surface area contributed by atoms with Crippen molar-refractivity contribution in [3.8, 4) is 0 Å². The van der Waals surface area contributed by atoms with Gasteiger partial charge in [-0.15, -0.1) is 0 Å². The van der Waals surface area contributed by atoms with Gasteiger partial charge in [0, 0.05) is 25.2 Å². The quantitative estimate of drug-likeness (QED) is 0.790. The van der Waals surface area contributed by atoms with Crippen molar-refractivity contribution < 1.29 is 0 Å². The Morgan fingerprint density at radius 1 is 1.18 bits per heavy atom. The molecule has 2 N–H and O–H groups in total. The van der Waals surface area contributed by atoms with E-state index in [-0.39, 0.29) is 0 Å². The summed E-state index contributed by atoms with van der Waals surface area (Å²) in [6.07, 6.45) is 5.48. The van der Waals surface area contributed by atoms with Crippen LogP contribution in [0.3, 0.4) is 0 Å². The monoisotopic (exact) mass is 239 g/mol. The molecular formula is C14H29N3. The molecule has 0 spiro atoms. The lowest BCUT2D eigenvalue weighted by molar-refractivity contribution is 0.167. The topological polar surface area (TPSA) is 32.5 Å². The van der Waals surface area contributed by atoms with Gasteiger partial charge in [0.05, 0.1) is 0 Å². The molecule has 3 heteroatoms. The van der Waals surface area contributed by atoms with Crippen molar-refractivity contribution in [2.45, 2.75) is 51.6 Å². The molecule has 0 aromatic carbocycles. The number of hydrogen-bond donors (Lipinski definition) is 1. The lowest BCUT2D eigenvalue weighted by Gasteiger charge is -2.31. The molecule has 2 aliphatic rings. The van der Waals surface area contributed by atoms with Gasteiger partial charge in [0.15, 0.2) is 0 Å². The Hall–Kier alpha value is -0.120. The van der Waals surface area contributed by atoms with Crippen LogP contribution in [0.15, 0.2) is 0 Å². The third-order valence-corrected chi connectivity index (χ3v) is 4.91. The number of nitrogens with two attached hydrogens (primary N) is 1. The number of nitrogens with zero attached hydrogens (tertiary/aromatic N) is 2. The smallest absolute Gasteiger partial charge is 0.0235 e. The van der Waals surface area contributed by atoms with E-state index in [1.165, 1.54) is 51.9 Å². The summed E-state index contributed by atoms with van der Waals surface area (Å²) >= 11 is 0. The molecule has 3 atom stereocenters. The molecule has 1 saturated carbocycles. The van der Waals surface area contributed by atoms with Crippen molar-refractivity contribution in [2.75, 3.05) is 32.7 Å². The van der Waals surface area contributed by atoms with Crippen molar-refractivity contribution in [2.24, 2.45) is 11.7 Å². The average molecular weight is 239 g/mol. The summed E-state index contributed by atoms with van der Waals surface area (Å²) in [4.78, 5) is 5.35. The van der Waals surface area contributed by atoms with Crippen LogP contribution in [0.4, 0.5) is 0 Å². The second-order valence-corrected chi connectivity index (χ2v) is 5.65. The van der Waals surface area contributed by atoms with Gasteiger partial charge in [-0.3, -0.25) is 9.80 Å². The van der Waals surface area contributed by atoms with Gasteiger partial charge >= 0.3 is 0 Å². The molecule has 2 fully saturated rings. The summed E-state index contributed by atoms with van der Waals surface area (Å²) in [6, 6.07) is 1.59. The Labute approximate surface area is 106 Å². The molecular weight excluding hydrogens is 210 g/mol. The highest BCUT2D eigenvalue weighted by atomic mass is 15.3. The van der Waals surface area contributed by atoms with Gasteiger partial charge in [-0.05, 0) is 44.8 Å². The summed E-state index contributed by atoms with van der Waals surface area (Å²) in [5, 5.41) is 0. The predicted molar refractivity (Wildman–Crippen MR) is 73.1 cm³/mol. The first kappa shape index (κ1) is 13.3. The standard InChI is InChI=1S/C14H29N3/c1-3-16(4-2)13-8-9-17(11-13)14-7-5-6-12(14)10-15/h12-14H,3-11,15H2,1-2H3. The van der Waals surface area contributed by atoms with Crippen molar-refractivity contribution in [1.29, 1.82) is 0 Å². The highest BCUT2D eigenvalue weighted by molar-refractivity contribution is 4.92. The second-order valence-electron chi connectivity index (χ2n) is 5.65.